The molecule has 4 heterocycles. The Labute approximate surface area is 147 Å². The summed E-state index contributed by atoms with van der Waals surface area (Å²) in [4.78, 5) is 37.4. The van der Waals surface area contributed by atoms with Crippen LogP contribution in [0.5, 0.6) is 0 Å². The molecule has 134 valence electrons. The highest BCUT2D eigenvalue weighted by molar-refractivity contribution is 5.92. The molecule has 3 saturated heterocycles. The Morgan fingerprint density at radius 1 is 1.16 bits per heavy atom. The number of piperidine rings is 1. The van der Waals surface area contributed by atoms with Gasteiger partial charge >= 0.3 is 0 Å². The first-order valence-corrected chi connectivity index (χ1v) is 9.18. The van der Waals surface area contributed by atoms with E-state index < -0.39 is 0 Å². The third-order valence-corrected chi connectivity index (χ3v) is 5.72. The molecular formula is C18H24N4O3. The largest absolute Gasteiger partial charge is 0.381 e. The Hall–Kier alpha value is -2.02. The predicted octanol–water partition coefficient (Wildman–Crippen LogP) is 1.11. The number of nitrogens with zero attached hydrogens (tertiary/aromatic N) is 4. The van der Waals surface area contributed by atoms with Crippen molar-refractivity contribution in [3.63, 3.8) is 0 Å². The monoisotopic (exact) mass is 344 g/mol. The maximum atomic E-state index is 12.8. The number of fused-ring (bicyclic) bond motifs is 1. The smallest absolute Gasteiger partial charge is 0.274 e. The van der Waals surface area contributed by atoms with E-state index in [1.165, 1.54) is 6.20 Å². The van der Waals surface area contributed by atoms with E-state index in [1.54, 1.807) is 12.4 Å². The van der Waals surface area contributed by atoms with Crippen molar-refractivity contribution in [1.29, 1.82) is 0 Å². The number of hydrogen-bond acceptors (Lipinski definition) is 5. The van der Waals surface area contributed by atoms with Crippen molar-refractivity contribution < 1.29 is 14.3 Å². The molecule has 0 N–H and O–H groups in total. The van der Waals surface area contributed by atoms with E-state index in [9.17, 15) is 9.59 Å². The van der Waals surface area contributed by atoms with Crippen LogP contribution < -0.4 is 0 Å². The molecule has 0 radical (unpaired) electrons. The summed E-state index contributed by atoms with van der Waals surface area (Å²) in [5, 5.41) is 0. The highest BCUT2D eigenvalue weighted by atomic mass is 16.5. The Balaban J connectivity index is 1.48. The molecule has 4 rings (SSSR count). The van der Waals surface area contributed by atoms with Gasteiger partial charge in [0.1, 0.15) is 5.69 Å². The van der Waals surface area contributed by atoms with Crippen molar-refractivity contribution in [2.45, 2.75) is 44.2 Å². The lowest BCUT2D eigenvalue weighted by Crippen LogP contribution is -2.54. The zero-order valence-electron chi connectivity index (χ0n) is 14.3. The van der Waals surface area contributed by atoms with E-state index in [0.29, 0.717) is 24.6 Å². The van der Waals surface area contributed by atoms with E-state index in [4.69, 9.17) is 4.74 Å². The second kappa shape index (κ2) is 7.07. The summed E-state index contributed by atoms with van der Waals surface area (Å²) < 4.78 is 5.43. The lowest BCUT2D eigenvalue weighted by Gasteiger charge is -2.41. The van der Waals surface area contributed by atoms with Gasteiger partial charge < -0.3 is 14.5 Å². The third-order valence-electron chi connectivity index (χ3n) is 5.72. The molecule has 1 aromatic rings. The van der Waals surface area contributed by atoms with Crippen LogP contribution in [0.2, 0.25) is 0 Å². The summed E-state index contributed by atoms with van der Waals surface area (Å²) >= 11 is 0. The molecule has 3 aliphatic rings. The summed E-state index contributed by atoms with van der Waals surface area (Å²) in [5.41, 5.74) is 0.385. The van der Waals surface area contributed by atoms with Crippen LogP contribution in [0, 0.1) is 5.92 Å². The van der Waals surface area contributed by atoms with Crippen molar-refractivity contribution in [3.05, 3.63) is 24.3 Å². The van der Waals surface area contributed by atoms with E-state index in [1.807, 2.05) is 9.80 Å². The first-order chi connectivity index (χ1) is 12.2. The Bertz CT molecular complexity index is 632. The molecule has 3 fully saturated rings. The van der Waals surface area contributed by atoms with Crippen molar-refractivity contribution in [3.8, 4) is 0 Å². The number of carbonyl (C=O) groups is 2. The van der Waals surface area contributed by atoms with Gasteiger partial charge in [0.2, 0.25) is 5.91 Å². The maximum Gasteiger partial charge on any atom is 0.274 e. The quantitative estimate of drug-likeness (QED) is 0.821. The lowest BCUT2D eigenvalue weighted by molar-refractivity contribution is -0.138. The second-order valence-electron chi connectivity index (χ2n) is 7.15. The van der Waals surface area contributed by atoms with Gasteiger partial charge in [-0.25, -0.2) is 4.98 Å². The summed E-state index contributed by atoms with van der Waals surface area (Å²) in [6.07, 6.45) is 8.79. The summed E-state index contributed by atoms with van der Waals surface area (Å²) in [5.74, 6) is 0.684. The van der Waals surface area contributed by atoms with Gasteiger partial charge in [-0.2, -0.15) is 0 Å². The summed E-state index contributed by atoms with van der Waals surface area (Å²) in [6, 6.07) is 0.247. The van der Waals surface area contributed by atoms with Gasteiger partial charge in [-0.3, -0.25) is 14.6 Å². The van der Waals surface area contributed by atoms with E-state index in [0.717, 1.165) is 45.4 Å². The van der Waals surface area contributed by atoms with E-state index in [2.05, 4.69) is 9.97 Å². The molecule has 25 heavy (non-hydrogen) atoms. The number of ether oxygens (including phenoxy) is 1. The van der Waals surface area contributed by atoms with Crippen LogP contribution in [0.25, 0.3) is 0 Å². The summed E-state index contributed by atoms with van der Waals surface area (Å²) in [6.45, 7) is 3.06. The Kier molecular flexibility index (Phi) is 4.65. The molecule has 0 aliphatic carbocycles. The van der Waals surface area contributed by atoms with Gasteiger partial charge in [0.05, 0.1) is 18.3 Å². The van der Waals surface area contributed by atoms with Crippen molar-refractivity contribution >= 4 is 11.8 Å². The van der Waals surface area contributed by atoms with Gasteiger partial charge in [0.25, 0.3) is 5.91 Å². The Morgan fingerprint density at radius 3 is 2.76 bits per heavy atom. The molecule has 7 nitrogen and oxygen atoms in total. The molecule has 0 aromatic carbocycles. The Morgan fingerprint density at radius 2 is 2.00 bits per heavy atom. The number of amides is 2. The van der Waals surface area contributed by atoms with Crippen molar-refractivity contribution in [1.82, 2.24) is 19.8 Å². The van der Waals surface area contributed by atoms with Crippen LogP contribution in [0.1, 0.15) is 42.6 Å². The average molecular weight is 344 g/mol. The fourth-order valence-electron chi connectivity index (χ4n) is 4.40. The second-order valence-corrected chi connectivity index (χ2v) is 7.15. The molecule has 0 bridgehead atoms. The van der Waals surface area contributed by atoms with Crippen LogP contribution in [0.15, 0.2) is 18.6 Å². The van der Waals surface area contributed by atoms with Crippen LogP contribution >= 0.6 is 0 Å². The normalized spacial score (nSPS) is 27.4. The third kappa shape index (κ3) is 3.25. The topological polar surface area (TPSA) is 75.6 Å². The minimum absolute atomic E-state index is 0.0686. The SMILES string of the molecule is O=C1CC[C@@H]2[C@@H](CCN2C(=O)c2cnccn2)N1CC1CCOCC1. The fraction of sp³-hybridized carbons (Fsp3) is 0.667. The zero-order valence-corrected chi connectivity index (χ0v) is 14.3. The molecule has 1 aromatic heterocycles. The van der Waals surface area contributed by atoms with E-state index in [-0.39, 0.29) is 23.9 Å². The zero-order chi connectivity index (χ0) is 17.2. The molecule has 3 aliphatic heterocycles. The predicted molar refractivity (Wildman–Crippen MR) is 89.8 cm³/mol. The summed E-state index contributed by atoms with van der Waals surface area (Å²) in [7, 11) is 0. The van der Waals surface area contributed by atoms with Crippen molar-refractivity contribution in [2.24, 2.45) is 5.92 Å². The van der Waals surface area contributed by atoms with Gasteiger partial charge in [-0.05, 0) is 31.6 Å². The minimum Gasteiger partial charge on any atom is -0.381 e. The van der Waals surface area contributed by atoms with Crippen LogP contribution in [0.4, 0.5) is 0 Å². The number of likely N-dealkylation sites (tertiary alicyclic amines) is 2. The number of rotatable bonds is 3. The number of aromatic nitrogens is 2. The molecule has 0 unspecified atom stereocenters. The van der Waals surface area contributed by atoms with Gasteiger partial charge in [-0.1, -0.05) is 0 Å². The number of carbonyl (C=O) groups excluding carboxylic acids is 2. The van der Waals surface area contributed by atoms with Crippen molar-refractivity contribution in [2.75, 3.05) is 26.3 Å². The first-order valence-electron chi connectivity index (χ1n) is 9.18. The molecule has 2 atom stereocenters. The molecule has 7 heteroatoms. The molecule has 0 spiro atoms. The molecule has 2 amide bonds. The average Bonchev–Trinajstić information content (AvgIpc) is 3.09. The highest BCUT2D eigenvalue weighted by Crippen LogP contribution is 2.33. The van der Waals surface area contributed by atoms with Gasteiger partial charge in [0.15, 0.2) is 0 Å². The maximum absolute atomic E-state index is 12.8. The molecule has 0 saturated carbocycles. The van der Waals surface area contributed by atoms with Gasteiger partial charge in [0, 0.05) is 45.1 Å². The highest BCUT2D eigenvalue weighted by Gasteiger charge is 2.45. The lowest BCUT2D eigenvalue weighted by atomic mass is 9.92. The van der Waals surface area contributed by atoms with E-state index >= 15 is 0 Å². The minimum atomic E-state index is -0.0686. The number of hydrogen-bond donors (Lipinski definition) is 0. The first kappa shape index (κ1) is 16.4. The van der Waals surface area contributed by atoms with Crippen LogP contribution in [-0.4, -0.2) is 70.0 Å². The van der Waals surface area contributed by atoms with Crippen LogP contribution in [0.3, 0.4) is 0 Å². The fourth-order valence-corrected chi connectivity index (χ4v) is 4.40. The standard InChI is InChI=1S/C18H24N4O3/c23-17-2-1-15-16(22(17)12-13-4-9-25-10-5-13)3-8-21(15)18(24)14-11-19-6-7-20-14/h6-7,11,13,15-16H,1-5,8-10,12H2/t15-,16-/m1/s1. The van der Waals surface area contributed by atoms with Crippen LogP contribution in [-0.2, 0) is 9.53 Å². The van der Waals surface area contributed by atoms with Gasteiger partial charge in [-0.15, -0.1) is 0 Å². The molecular weight excluding hydrogens is 320 g/mol.